The molecule has 1 heterocycles. The maximum atomic E-state index is 9.76. The predicted octanol–water partition coefficient (Wildman–Crippen LogP) is 3.36. The Balaban J connectivity index is 0.00000320. The molecule has 3 aromatic rings. The van der Waals surface area contributed by atoms with Crippen molar-refractivity contribution in [2.75, 3.05) is 39.2 Å². The van der Waals surface area contributed by atoms with Crippen molar-refractivity contribution in [2.45, 2.75) is 12.5 Å². The van der Waals surface area contributed by atoms with E-state index in [1.165, 1.54) is 0 Å². The fourth-order valence-electron chi connectivity index (χ4n) is 3.24. The van der Waals surface area contributed by atoms with Gasteiger partial charge in [-0.05, 0) is 23.3 Å². The van der Waals surface area contributed by atoms with Crippen LogP contribution >= 0.6 is 24.0 Å². The number of halogens is 1. The lowest BCUT2D eigenvalue weighted by atomic mass is 10.0. The second-order valence-corrected chi connectivity index (χ2v) is 7.15. The molecule has 6 nitrogen and oxygen atoms in total. The van der Waals surface area contributed by atoms with Crippen molar-refractivity contribution in [1.29, 1.82) is 0 Å². The fourth-order valence-corrected chi connectivity index (χ4v) is 3.24. The number of aliphatic hydroxyl groups excluding tert-OH is 1. The minimum atomic E-state index is 0. The number of hydrogen-bond donors (Lipinski definition) is 3. The van der Waals surface area contributed by atoms with Crippen molar-refractivity contribution in [3.63, 3.8) is 0 Å². The summed E-state index contributed by atoms with van der Waals surface area (Å²) in [6.45, 7) is 1.30. The lowest BCUT2D eigenvalue weighted by Gasteiger charge is -2.19. The number of nitrogens with one attached hydrogen (secondary N) is 2. The second-order valence-electron chi connectivity index (χ2n) is 7.15. The van der Waals surface area contributed by atoms with Crippen molar-refractivity contribution in [3.05, 3.63) is 71.8 Å². The predicted molar refractivity (Wildman–Crippen MR) is 136 cm³/mol. The van der Waals surface area contributed by atoms with E-state index in [4.69, 9.17) is 4.98 Å². The molecule has 1 atom stereocenters. The molecule has 1 aromatic heterocycles. The van der Waals surface area contributed by atoms with Crippen LogP contribution in [0.15, 0.2) is 65.7 Å². The third-order valence-corrected chi connectivity index (χ3v) is 4.92. The second kappa shape index (κ2) is 11.7. The van der Waals surface area contributed by atoms with E-state index in [0.29, 0.717) is 19.0 Å². The first kappa shape index (κ1) is 23.9. The zero-order valence-corrected chi connectivity index (χ0v) is 20.0. The van der Waals surface area contributed by atoms with E-state index in [-0.39, 0.29) is 36.5 Å². The number of anilines is 1. The number of benzene rings is 2. The van der Waals surface area contributed by atoms with Gasteiger partial charge < -0.3 is 20.6 Å². The van der Waals surface area contributed by atoms with Gasteiger partial charge in [0.05, 0.1) is 12.1 Å². The van der Waals surface area contributed by atoms with Crippen molar-refractivity contribution in [2.24, 2.45) is 4.99 Å². The fraction of sp³-hybridized carbons (Fsp3) is 0.304. The Hall–Kier alpha value is -2.39. The van der Waals surface area contributed by atoms with E-state index in [0.717, 1.165) is 27.8 Å². The number of para-hydroxylation sites is 1. The van der Waals surface area contributed by atoms with Gasteiger partial charge in [-0.2, -0.15) is 0 Å². The van der Waals surface area contributed by atoms with E-state index in [2.05, 4.69) is 27.8 Å². The Morgan fingerprint density at radius 2 is 1.77 bits per heavy atom. The molecule has 30 heavy (non-hydrogen) atoms. The van der Waals surface area contributed by atoms with Crippen LogP contribution in [-0.4, -0.2) is 50.3 Å². The zero-order valence-electron chi connectivity index (χ0n) is 17.7. The molecule has 0 bridgehead atoms. The summed E-state index contributed by atoms with van der Waals surface area (Å²) in [7, 11) is 5.74. The van der Waals surface area contributed by atoms with E-state index in [1.807, 2.05) is 67.5 Å². The third-order valence-electron chi connectivity index (χ3n) is 4.92. The SMILES string of the molecule is CN=C(NCc1cc(N(C)C)nc2ccccc12)NCC(CO)c1ccccc1.I. The van der Waals surface area contributed by atoms with Gasteiger partial charge in [-0.3, -0.25) is 4.99 Å². The highest BCUT2D eigenvalue weighted by Crippen LogP contribution is 2.22. The third kappa shape index (κ3) is 6.06. The summed E-state index contributed by atoms with van der Waals surface area (Å²) in [6.07, 6.45) is 0. The minimum absolute atomic E-state index is 0. The van der Waals surface area contributed by atoms with Crippen LogP contribution in [0.3, 0.4) is 0 Å². The number of guanidine groups is 1. The van der Waals surface area contributed by atoms with Crippen LogP contribution in [0.1, 0.15) is 17.0 Å². The molecule has 0 aliphatic carbocycles. The van der Waals surface area contributed by atoms with Crippen LogP contribution in [0.4, 0.5) is 5.82 Å². The molecule has 7 heteroatoms. The highest BCUT2D eigenvalue weighted by molar-refractivity contribution is 14.0. The molecule has 2 aromatic carbocycles. The van der Waals surface area contributed by atoms with Gasteiger partial charge in [0.15, 0.2) is 5.96 Å². The lowest BCUT2D eigenvalue weighted by Crippen LogP contribution is -2.39. The summed E-state index contributed by atoms with van der Waals surface area (Å²) in [5.41, 5.74) is 3.24. The molecule has 0 fully saturated rings. The lowest BCUT2D eigenvalue weighted by molar-refractivity contribution is 0.265. The van der Waals surface area contributed by atoms with Crippen LogP contribution in [0, 0.1) is 0 Å². The molecular weight excluding hydrogens is 489 g/mol. The number of aliphatic imine (C=N–C) groups is 1. The maximum Gasteiger partial charge on any atom is 0.191 e. The molecule has 0 saturated heterocycles. The molecule has 3 rings (SSSR count). The molecule has 0 spiro atoms. The van der Waals surface area contributed by atoms with Gasteiger partial charge in [0.25, 0.3) is 0 Å². The number of fused-ring (bicyclic) bond motifs is 1. The Morgan fingerprint density at radius 1 is 1.07 bits per heavy atom. The van der Waals surface area contributed by atoms with Gasteiger partial charge in [-0.15, -0.1) is 24.0 Å². The monoisotopic (exact) mass is 519 g/mol. The van der Waals surface area contributed by atoms with Gasteiger partial charge >= 0.3 is 0 Å². The van der Waals surface area contributed by atoms with Gasteiger partial charge in [0, 0.05) is 45.5 Å². The Kier molecular flexibility index (Phi) is 9.32. The van der Waals surface area contributed by atoms with Gasteiger partial charge in [-0.1, -0.05) is 48.5 Å². The molecule has 0 aliphatic rings. The van der Waals surface area contributed by atoms with Crippen molar-refractivity contribution < 1.29 is 5.11 Å². The normalized spacial score (nSPS) is 12.2. The van der Waals surface area contributed by atoms with Crippen molar-refractivity contribution in [1.82, 2.24) is 15.6 Å². The number of aromatic nitrogens is 1. The molecule has 0 aliphatic heterocycles. The van der Waals surface area contributed by atoms with E-state index in [9.17, 15) is 5.11 Å². The van der Waals surface area contributed by atoms with E-state index >= 15 is 0 Å². The van der Waals surface area contributed by atoms with Gasteiger partial charge in [0.2, 0.25) is 0 Å². The van der Waals surface area contributed by atoms with Crippen molar-refractivity contribution >= 4 is 46.7 Å². The molecule has 160 valence electrons. The van der Waals surface area contributed by atoms with Crippen molar-refractivity contribution in [3.8, 4) is 0 Å². The Morgan fingerprint density at radius 3 is 2.43 bits per heavy atom. The molecular formula is C23H30IN5O. The van der Waals surface area contributed by atoms with E-state index < -0.39 is 0 Å². The number of aliphatic hydroxyl groups is 1. The van der Waals surface area contributed by atoms with Crippen LogP contribution in [0.2, 0.25) is 0 Å². The molecule has 0 amide bonds. The van der Waals surface area contributed by atoms with Crippen LogP contribution in [0.5, 0.6) is 0 Å². The molecule has 1 unspecified atom stereocenters. The van der Waals surface area contributed by atoms with Crippen LogP contribution in [-0.2, 0) is 6.54 Å². The van der Waals surface area contributed by atoms with E-state index in [1.54, 1.807) is 7.05 Å². The first-order valence-corrected chi connectivity index (χ1v) is 9.78. The summed E-state index contributed by atoms with van der Waals surface area (Å²) in [5.74, 6) is 1.64. The van der Waals surface area contributed by atoms with Gasteiger partial charge in [-0.25, -0.2) is 4.98 Å². The zero-order chi connectivity index (χ0) is 20.6. The summed E-state index contributed by atoms with van der Waals surface area (Å²) in [6, 6.07) is 20.3. The highest BCUT2D eigenvalue weighted by Gasteiger charge is 2.12. The van der Waals surface area contributed by atoms with Gasteiger partial charge in [0.1, 0.15) is 5.82 Å². The maximum absolute atomic E-state index is 9.76. The number of nitrogens with zero attached hydrogens (tertiary/aromatic N) is 3. The average Bonchev–Trinajstić information content (AvgIpc) is 2.76. The largest absolute Gasteiger partial charge is 0.396 e. The summed E-state index contributed by atoms with van der Waals surface area (Å²) >= 11 is 0. The first-order valence-electron chi connectivity index (χ1n) is 9.78. The Bertz CT molecular complexity index is 962. The Labute approximate surface area is 195 Å². The number of pyridine rings is 1. The van der Waals surface area contributed by atoms with Crippen LogP contribution in [0.25, 0.3) is 10.9 Å². The smallest absolute Gasteiger partial charge is 0.191 e. The summed E-state index contributed by atoms with van der Waals surface area (Å²) in [4.78, 5) is 11.0. The molecule has 0 radical (unpaired) electrons. The topological polar surface area (TPSA) is 72.8 Å². The first-order chi connectivity index (χ1) is 14.1. The minimum Gasteiger partial charge on any atom is -0.396 e. The molecule has 0 saturated carbocycles. The quantitative estimate of drug-likeness (QED) is 0.254. The molecule has 3 N–H and O–H groups in total. The average molecular weight is 519 g/mol. The summed E-state index contributed by atoms with van der Waals surface area (Å²) < 4.78 is 0. The standard InChI is InChI=1S/C23H29N5O.HI/c1-24-23(26-15-19(16-29)17-9-5-4-6-10-17)25-14-18-13-22(28(2)3)27-21-12-8-7-11-20(18)21;/h4-13,19,29H,14-16H2,1-3H3,(H2,24,25,26);1H. The number of rotatable bonds is 7. The summed E-state index contributed by atoms with van der Waals surface area (Å²) in [5, 5.41) is 17.6. The van der Waals surface area contributed by atoms with Crippen LogP contribution < -0.4 is 15.5 Å². The number of hydrogen-bond acceptors (Lipinski definition) is 4. The highest BCUT2D eigenvalue weighted by atomic mass is 127.